The van der Waals surface area contributed by atoms with Crippen LogP contribution in [0.2, 0.25) is 0 Å². The molecular weight excluding hydrogens is 470 g/mol. The second kappa shape index (κ2) is 10.7. The van der Waals surface area contributed by atoms with Gasteiger partial charge in [-0.05, 0) is 54.8 Å². The van der Waals surface area contributed by atoms with E-state index in [9.17, 15) is 13.2 Å². The first-order valence-electron chi connectivity index (χ1n) is 11.2. The van der Waals surface area contributed by atoms with Gasteiger partial charge < -0.3 is 10.1 Å². The molecule has 9 heteroatoms. The maximum absolute atomic E-state index is 12.9. The molecule has 1 fully saturated rings. The number of benzene rings is 2. The van der Waals surface area contributed by atoms with Crippen LogP contribution in [0.4, 0.5) is 5.69 Å². The van der Waals surface area contributed by atoms with Crippen LogP contribution in [0.25, 0.3) is 0 Å². The van der Waals surface area contributed by atoms with Crippen LogP contribution in [0.15, 0.2) is 70.9 Å². The molecule has 2 heterocycles. The Balaban J connectivity index is 1.42. The molecule has 4 rings (SSSR count). The first kappa shape index (κ1) is 24.4. The number of rotatable bonds is 8. The van der Waals surface area contributed by atoms with E-state index in [2.05, 4.69) is 16.3 Å². The van der Waals surface area contributed by atoms with Crippen molar-refractivity contribution >= 4 is 33.0 Å². The molecule has 1 aliphatic rings. The molecule has 0 saturated carbocycles. The Kier molecular flexibility index (Phi) is 7.67. The average Bonchev–Trinajstić information content (AvgIpc) is 3.39. The Labute approximate surface area is 205 Å². The zero-order valence-corrected chi connectivity index (χ0v) is 20.9. The molecule has 1 atom stereocenters. The lowest BCUT2D eigenvalue weighted by Gasteiger charge is -2.34. The van der Waals surface area contributed by atoms with Crippen LogP contribution in [0.3, 0.4) is 0 Å². The van der Waals surface area contributed by atoms with Crippen molar-refractivity contribution in [3.05, 3.63) is 82.0 Å². The Bertz CT molecular complexity index is 1190. The minimum Gasteiger partial charge on any atom is -0.379 e. The largest absolute Gasteiger partial charge is 0.379 e. The van der Waals surface area contributed by atoms with Gasteiger partial charge in [0.25, 0.3) is 15.9 Å². The molecule has 2 aromatic carbocycles. The highest BCUT2D eigenvalue weighted by Gasteiger charge is 2.25. The number of ether oxygens (including phenoxy) is 1. The first-order chi connectivity index (χ1) is 16.4. The van der Waals surface area contributed by atoms with Crippen molar-refractivity contribution in [1.29, 1.82) is 0 Å². The lowest BCUT2D eigenvalue weighted by atomic mass is 10.1. The van der Waals surface area contributed by atoms with Crippen LogP contribution in [0, 0.1) is 6.92 Å². The van der Waals surface area contributed by atoms with Crippen molar-refractivity contribution < 1.29 is 17.9 Å². The molecule has 1 N–H and O–H groups in total. The van der Waals surface area contributed by atoms with Crippen molar-refractivity contribution in [2.75, 3.05) is 44.2 Å². The number of aryl methyl sites for hydroxylation is 1. The summed E-state index contributed by atoms with van der Waals surface area (Å²) >= 11 is 1.68. The number of hydrogen-bond acceptors (Lipinski definition) is 6. The molecule has 0 bridgehead atoms. The third-order valence-corrected chi connectivity index (χ3v) is 8.76. The number of carbonyl (C=O) groups excluding carboxylic acids is 1. The van der Waals surface area contributed by atoms with Crippen molar-refractivity contribution in [1.82, 2.24) is 10.2 Å². The van der Waals surface area contributed by atoms with Gasteiger partial charge in [-0.3, -0.25) is 14.0 Å². The average molecular weight is 500 g/mol. The standard InChI is InChI=1S/C25H29N3O4S2/c1-19-5-11-22(12-6-19)34(30,31)27(2)21-9-7-20(8-10-21)25(29)26-18-23(24-4-3-17-33-24)28-13-15-32-16-14-28/h3-12,17,23H,13-16,18H2,1-2H3,(H,26,29)/t23-/m1/s1. The summed E-state index contributed by atoms with van der Waals surface area (Å²) < 4.78 is 32.6. The number of sulfonamides is 1. The van der Waals surface area contributed by atoms with Crippen LogP contribution < -0.4 is 9.62 Å². The third-order valence-electron chi connectivity index (χ3n) is 5.99. The summed E-state index contributed by atoms with van der Waals surface area (Å²) in [5, 5.41) is 5.09. The van der Waals surface area contributed by atoms with E-state index in [0.717, 1.165) is 18.7 Å². The predicted octanol–water partition coefficient (Wildman–Crippen LogP) is 3.68. The topological polar surface area (TPSA) is 79.0 Å². The minimum absolute atomic E-state index is 0.0953. The molecule has 0 radical (unpaired) electrons. The molecule has 34 heavy (non-hydrogen) atoms. The summed E-state index contributed by atoms with van der Waals surface area (Å²) in [5.41, 5.74) is 1.96. The number of thiophene rings is 1. The van der Waals surface area contributed by atoms with E-state index < -0.39 is 10.0 Å². The highest BCUT2D eigenvalue weighted by atomic mass is 32.2. The minimum atomic E-state index is -3.68. The fraction of sp³-hybridized carbons (Fsp3) is 0.320. The van der Waals surface area contributed by atoms with E-state index in [1.54, 1.807) is 59.9 Å². The molecular formula is C25H29N3O4S2. The zero-order chi connectivity index (χ0) is 24.1. The lowest BCUT2D eigenvalue weighted by Crippen LogP contribution is -2.43. The van der Waals surface area contributed by atoms with Gasteiger partial charge in [0.15, 0.2) is 0 Å². The van der Waals surface area contributed by atoms with Gasteiger partial charge in [-0.15, -0.1) is 11.3 Å². The molecule has 1 aliphatic heterocycles. The highest BCUT2D eigenvalue weighted by molar-refractivity contribution is 7.92. The number of nitrogens with one attached hydrogen (secondary N) is 1. The van der Waals surface area contributed by atoms with Gasteiger partial charge >= 0.3 is 0 Å². The maximum Gasteiger partial charge on any atom is 0.264 e. The lowest BCUT2D eigenvalue weighted by molar-refractivity contribution is 0.0169. The summed E-state index contributed by atoms with van der Waals surface area (Å²) in [6.07, 6.45) is 0. The van der Waals surface area contributed by atoms with Crippen LogP contribution in [-0.4, -0.2) is 59.1 Å². The Morgan fingerprint density at radius 3 is 2.38 bits per heavy atom. The van der Waals surface area contributed by atoms with Crippen LogP contribution in [-0.2, 0) is 14.8 Å². The molecule has 3 aromatic rings. The first-order valence-corrected chi connectivity index (χ1v) is 13.5. The van der Waals surface area contributed by atoms with Gasteiger partial charge in [-0.2, -0.15) is 0 Å². The molecule has 0 spiro atoms. The second-order valence-electron chi connectivity index (χ2n) is 8.22. The molecule has 0 aliphatic carbocycles. The summed E-state index contributed by atoms with van der Waals surface area (Å²) in [4.78, 5) is 16.6. The van der Waals surface area contributed by atoms with Gasteiger partial charge in [0, 0.05) is 37.1 Å². The fourth-order valence-corrected chi connectivity index (χ4v) is 5.96. The number of anilines is 1. The summed E-state index contributed by atoms with van der Waals surface area (Å²) in [6.45, 7) is 5.44. The van der Waals surface area contributed by atoms with Crippen LogP contribution >= 0.6 is 11.3 Å². The van der Waals surface area contributed by atoms with Crippen molar-refractivity contribution in [2.45, 2.75) is 17.9 Å². The predicted molar refractivity (Wildman–Crippen MR) is 135 cm³/mol. The molecule has 1 amide bonds. The van der Waals surface area contributed by atoms with E-state index in [1.807, 2.05) is 18.4 Å². The van der Waals surface area contributed by atoms with Gasteiger partial charge in [-0.25, -0.2) is 8.42 Å². The highest BCUT2D eigenvalue weighted by Crippen LogP contribution is 2.26. The SMILES string of the molecule is Cc1ccc(S(=O)(=O)N(C)c2ccc(C(=O)NC[C@H](c3cccs3)N3CCOCC3)cc2)cc1. The molecule has 0 unspecified atom stereocenters. The number of amides is 1. The van der Waals surface area contributed by atoms with Crippen LogP contribution in [0.1, 0.15) is 26.8 Å². The summed E-state index contributed by atoms with van der Waals surface area (Å²) in [7, 11) is -2.17. The van der Waals surface area contributed by atoms with Crippen molar-refractivity contribution in [2.24, 2.45) is 0 Å². The Morgan fingerprint density at radius 1 is 1.09 bits per heavy atom. The number of hydrogen-bond donors (Lipinski definition) is 1. The van der Waals surface area contributed by atoms with E-state index >= 15 is 0 Å². The van der Waals surface area contributed by atoms with Gasteiger partial charge in [0.2, 0.25) is 0 Å². The van der Waals surface area contributed by atoms with Gasteiger partial charge in [0.1, 0.15) is 0 Å². The molecule has 1 saturated heterocycles. The molecule has 7 nitrogen and oxygen atoms in total. The number of morpholine rings is 1. The monoisotopic (exact) mass is 499 g/mol. The second-order valence-corrected chi connectivity index (χ2v) is 11.2. The van der Waals surface area contributed by atoms with Crippen LogP contribution in [0.5, 0.6) is 0 Å². The molecule has 180 valence electrons. The molecule has 1 aromatic heterocycles. The zero-order valence-electron chi connectivity index (χ0n) is 19.3. The quantitative estimate of drug-likeness (QED) is 0.512. The Hall–Kier alpha value is -2.72. The van der Waals surface area contributed by atoms with Crippen molar-refractivity contribution in [3.8, 4) is 0 Å². The van der Waals surface area contributed by atoms with Gasteiger partial charge in [0.05, 0.1) is 29.8 Å². The van der Waals surface area contributed by atoms with E-state index in [1.165, 1.54) is 16.2 Å². The normalized spacial score (nSPS) is 15.6. The summed E-state index contributed by atoms with van der Waals surface area (Å²) in [6, 6.07) is 17.6. The third kappa shape index (κ3) is 5.50. The maximum atomic E-state index is 12.9. The van der Waals surface area contributed by atoms with Crippen molar-refractivity contribution in [3.63, 3.8) is 0 Å². The van der Waals surface area contributed by atoms with E-state index in [0.29, 0.717) is 31.0 Å². The van der Waals surface area contributed by atoms with E-state index in [-0.39, 0.29) is 16.8 Å². The number of carbonyl (C=O) groups is 1. The fourth-order valence-electron chi connectivity index (χ4n) is 3.90. The van der Waals surface area contributed by atoms with Gasteiger partial charge in [-0.1, -0.05) is 23.8 Å². The van der Waals surface area contributed by atoms with E-state index in [4.69, 9.17) is 4.74 Å². The smallest absolute Gasteiger partial charge is 0.264 e. The number of nitrogens with zero attached hydrogens (tertiary/aromatic N) is 2. The Morgan fingerprint density at radius 2 is 1.76 bits per heavy atom. The summed E-state index contributed by atoms with van der Waals surface area (Å²) in [5.74, 6) is -0.189.